The molecule has 0 unspecified atom stereocenters. The van der Waals surface area contributed by atoms with Crippen LogP contribution < -0.4 is 5.32 Å². The monoisotopic (exact) mass is 332 g/mol. The predicted molar refractivity (Wildman–Crippen MR) is 89.5 cm³/mol. The number of carbonyl (C=O) groups is 1. The summed E-state index contributed by atoms with van der Waals surface area (Å²) in [6.45, 7) is 2.87. The average molecular weight is 332 g/mol. The van der Waals surface area contributed by atoms with Crippen LogP contribution in [0.3, 0.4) is 0 Å². The van der Waals surface area contributed by atoms with Crippen molar-refractivity contribution in [2.24, 2.45) is 0 Å². The Labute approximate surface area is 139 Å². The molecular formula is C16H20N4O2S. The maximum atomic E-state index is 12.0. The van der Waals surface area contributed by atoms with Crippen molar-refractivity contribution < 1.29 is 9.53 Å². The standard InChI is InChI=1S/C16H20N4O2S/c1-2-11-5-7-12(8-6-11)17-14(21)10-23-16-18-15(19-20-16)13-4-3-9-22-13/h5-8,13H,2-4,9-10H2,1H3,(H,17,21)(H,18,19,20)/t13-/m0/s1. The minimum atomic E-state index is -0.0669. The number of benzene rings is 1. The summed E-state index contributed by atoms with van der Waals surface area (Å²) in [5.41, 5.74) is 2.06. The fraction of sp³-hybridized carbons (Fsp3) is 0.438. The zero-order valence-electron chi connectivity index (χ0n) is 13.0. The highest BCUT2D eigenvalue weighted by Gasteiger charge is 2.21. The number of aromatic amines is 1. The fourth-order valence-electron chi connectivity index (χ4n) is 2.41. The summed E-state index contributed by atoms with van der Waals surface area (Å²) in [7, 11) is 0. The van der Waals surface area contributed by atoms with Gasteiger partial charge in [0.1, 0.15) is 6.10 Å². The van der Waals surface area contributed by atoms with Crippen LogP contribution in [0.4, 0.5) is 5.69 Å². The fourth-order valence-corrected chi connectivity index (χ4v) is 3.02. The number of nitrogens with one attached hydrogen (secondary N) is 2. The summed E-state index contributed by atoms with van der Waals surface area (Å²) in [5, 5.41) is 10.5. The number of thioether (sulfide) groups is 1. The summed E-state index contributed by atoms with van der Waals surface area (Å²) in [5.74, 6) is 0.960. The first-order chi connectivity index (χ1) is 11.2. The average Bonchev–Trinajstić information content (AvgIpc) is 3.25. The van der Waals surface area contributed by atoms with Crippen LogP contribution in [0.25, 0.3) is 0 Å². The Morgan fingerprint density at radius 3 is 2.96 bits per heavy atom. The quantitative estimate of drug-likeness (QED) is 0.795. The molecule has 1 aromatic carbocycles. The number of H-pyrrole nitrogens is 1. The summed E-state index contributed by atoms with van der Waals surface area (Å²) in [6, 6.07) is 7.88. The van der Waals surface area contributed by atoms with Gasteiger partial charge in [0.2, 0.25) is 11.1 Å². The molecule has 0 bridgehead atoms. The minimum absolute atomic E-state index is 0.0164. The van der Waals surface area contributed by atoms with Crippen molar-refractivity contribution in [1.29, 1.82) is 0 Å². The number of aryl methyl sites for hydroxylation is 1. The third kappa shape index (κ3) is 4.33. The molecule has 23 heavy (non-hydrogen) atoms. The van der Waals surface area contributed by atoms with Gasteiger partial charge in [-0.25, -0.2) is 4.98 Å². The zero-order valence-corrected chi connectivity index (χ0v) is 13.9. The number of carbonyl (C=O) groups excluding carboxylic acids is 1. The lowest BCUT2D eigenvalue weighted by atomic mass is 10.1. The highest BCUT2D eigenvalue weighted by molar-refractivity contribution is 7.99. The van der Waals surface area contributed by atoms with Crippen molar-refractivity contribution in [3.05, 3.63) is 35.7 Å². The molecule has 122 valence electrons. The van der Waals surface area contributed by atoms with Gasteiger partial charge in [0, 0.05) is 12.3 Å². The maximum absolute atomic E-state index is 12.0. The van der Waals surface area contributed by atoms with Crippen molar-refractivity contribution in [3.63, 3.8) is 0 Å². The van der Waals surface area contributed by atoms with E-state index in [0.717, 1.165) is 37.4 Å². The van der Waals surface area contributed by atoms with Gasteiger partial charge in [-0.15, -0.1) is 5.10 Å². The Morgan fingerprint density at radius 1 is 1.43 bits per heavy atom. The van der Waals surface area contributed by atoms with E-state index in [-0.39, 0.29) is 17.8 Å². The Kier molecular flexibility index (Phi) is 5.30. The summed E-state index contributed by atoms with van der Waals surface area (Å²) in [6.07, 6.45) is 3.02. The lowest BCUT2D eigenvalue weighted by molar-refractivity contribution is -0.113. The van der Waals surface area contributed by atoms with E-state index < -0.39 is 0 Å². The molecule has 1 fully saturated rings. The molecule has 1 aromatic heterocycles. The van der Waals surface area contributed by atoms with Crippen LogP contribution in [-0.2, 0) is 16.0 Å². The Morgan fingerprint density at radius 2 is 2.26 bits per heavy atom. The van der Waals surface area contributed by atoms with Crippen LogP contribution >= 0.6 is 11.8 Å². The molecule has 1 amide bonds. The number of hydrogen-bond acceptors (Lipinski definition) is 5. The van der Waals surface area contributed by atoms with E-state index in [1.54, 1.807) is 0 Å². The molecular weight excluding hydrogens is 312 g/mol. The largest absolute Gasteiger partial charge is 0.370 e. The van der Waals surface area contributed by atoms with E-state index in [2.05, 4.69) is 27.4 Å². The van der Waals surface area contributed by atoms with Gasteiger partial charge in [-0.1, -0.05) is 30.8 Å². The SMILES string of the molecule is CCc1ccc(NC(=O)CSc2n[nH]c([C@@H]3CCCO3)n2)cc1. The lowest BCUT2D eigenvalue weighted by Gasteiger charge is -2.05. The summed E-state index contributed by atoms with van der Waals surface area (Å²) in [4.78, 5) is 16.4. The second-order valence-corrected chi connectivity index (χ2v) is 6.33. The van der Waals surface area contributed by atoms with Gasteiger partial charge in [-0.05, 0) is 37.0 Å². The van der Waals surface area contributed by atoms with Gasteiger partial charge in [0.15, 0.2) is 5.82 Å². The Balaban J connectivity index is 1.48. The van der Waals surface area contributed by atoms with E-state index in [1.165, 1.54) is 17.3 Å². The smallest absolute Gasteiger partial charge is 0.234 e. The molecule has 0 spiro atoms. The first-order valence-corrected chi connectivity index (χ1v) is 8.78. The first-order valence-electron chi connectivity index (χ1n) is 7.80. The van der Waals surface area contributed by atoms with Crippen molar-refractivity contribution in [2.45, 2.75) is 37.4 Å². The van der Waals surface area contributed by atoms with Crippen molar-refractivity contribution in [2.75, 3.05) is 17.7 Å². The maximum Gasteiger partial charge on any atom is 0.234 e. The molecule has 7 heteroatoms. The second-order valence-electron chi connectivity index (χ2n) is 5.39. The normalized spacial score (nSPS) is 17.3. The van der Waals surface area contributed by atoms with Crippen molar-refractivity contribution >= 4 is 23.4 Å². The molecule has 1 aliphatic rings. The lowest BCUT2D eigenvalue weighted by Crippen LogP contribution is -2.14. The van der Waals surface area contributed by atoms with Gasteiger partial charge in [-0.2, -0.15) is 0 Å². The van der Waals surface area contributed by atoms with Gasteiger partial charge in [0.05, 0.1) is 5.75 Å². The second kappa shape index (κ2) is 7.61. The highest BCUT2D eigenvalue weighted by Crippen LogP contribution is 2.26. The molecule has 1 aliphatic heterocycles. The number of rotatable bonds is 6. The predicted octanol–water partition coefficient (Wildman–Crippen LogP) is 2.95. The molecule has 1 saturated heterocycles. The third-order valence-electron chi connectivity index (χ3n) is 3.70. The minimum Gasteiger partial charge on any atom is -0.370 e. The third-order valence-corrected chi connectivity index (χ3v) is 4.54. The van der Waals surface area contributed by atoms with Crippen molar-refractivity contribution in [1.82, 2.24) is 15.2 Å². The topological polar surface area (TPSA) is 79.9 Å². The molecule has 2 heterocycles. The van der Waals surface area contributed by atoms with Gasteiger partial charge in [-0.3, -0.25) is 9.89 Å². The van der Waals surface area contributed by atoms with Crippen LogP contribution in [0.1, 0.15) is 37.3 Å². The molecule has 3 rings (SSSR count). The number of nitrogens with zero attached hydrogens (tertiary/aromatic N) is 2. The van der Waals surface area contributed by atoms with E-state index in [1.807, 2.05) is 24.3 Å². The number of amides is 1. The van der Waals surface area contributed by atoms with Crippen LogP contribution in [0.15, 0.2) is 29.4 Å². The number of hydrogen-bond donors (Lipinski definition) is 2. The number of anilines is 1. The summed E-state index contributed by atoms with van der Waals surface area (Å²) >= 11 is 1.31. The zero-order chi connectivity index (χ0) is 16.1. The molecule has 6 nitrogen and oxygen atoms in total. The molecule has 0 radical (unpaired) electrons. The Hall–Kier alpha value is -1.86. The van der Waals surface area contributed by atoms with Gasteiger partial charge < -0.3 is 10.1 Å². The van der Waals surface area contributed by atoms with Crippen molar-refractivity contribution in [3.8, 4) is 0 Å². The van der Waals surface area contributed by atoms with E-state index >= 15 is 0 Å². The molecule has 0 saturated carbocycles. The van der Waals surface area contributed by atoms with Gasteiger partial charge >= 0.3 is 0 Å². The van der Waals surface area contributed by atoms with E-state index in [0.29, 0.717) is 5.16 Å². The van der Waals surface area contributed by atoms with Crippen LogP contribution in [0.5, 0.6) is 0 Å². The first kappa shape index (κ1) is 16.0. The van der Waals surface area contributed by atoms with E-state index in [9.17, 15) is 4.79 Å². The molecule has 2 aromatic rings. The molecule has 0 aliphatic carbocycles. The van der Waals surface area contributed by atoms with Crippen LogP contribution in [-0.4, -0.2) is 33.4 Å². The number of ether oxygens (including phenoxy) is 1. The van der Waals surface area contributed by atoms with Crippen LogP contribution in [0.2, 0.25) is 0 Å². The Bertz CT molecular complexity index is 650. The summed E-state index contributed by atoms with van der Waals surface area (Å²) < 4.78 is 5.55. The highest BCUT2D eigenvalue weighted by atomic mass is 32.2. The molecule has 2 N–H and O–H groups in total. The number of aromatic nitrogens is 3. The van der Waals surface area contributed by atoms with Gasteiger partial charge in [0.25, 0.3) is 0 Å². The molecule has 1 atom stereocenters. The van der Waals surface area contributed by atoms with E-state index in [4.69, 9.17) is 4.74 Å². The van der Waals surface area contributed by atoms with Crippen LogP contribution in [0, 0.1) is 0 Å².